The first kappa shape index (κ1) is 15.2. The average Bonchev–Trinajstić information content (AvgIpc) is 2.47. The second-order valence-corrected chi connectivity index (χ2v) is 4.86. The molecule has 2 nitrogen and oxygen atoms in total. The molecule has 0 aliphatic carbocycles. The maximum atomic E-state index is 13.0. The summed E-state index contributed by atoms with van der Waals surface area (Å²) in [6, 6.07) is 12.5. The number of carbonyl (C=O) groups is 1. The van der Waals surface area contributed by atoms with Gasteiger partial charge in [-0.2, -0.15) is 0 Å². The van der Waals surface area contributed by atoms with Gasteiger partial charge in [0.1, 0.15) is 11.6 Å². The highest BCUT2D eigenvalue weighted by Gasteiger charge is 2.03. The van der Waals surface area contributed by atoms with Gasteiger partial charge in [-0.25, -0.2) is 8.78 Å². The van der Waals surface area contributed by atoms with Crippen molar-refractivity contribution in [3.63, 3.8) is 0 Å². The van der Waals surface area contributed by atoms with Gasteiger partial charge in [0, 0.05) is 13.0 Å². The van der Waals surface area contributed by atoms with Crippen LogP contribution in [0.2, 0.25) is 0 Å². The molecule has 1 N–H and O–H groups in total. The molecule has 0 radical (unpaired) electrons. The molecule has 0 aromatic heterocycles. The number of hydrogen-bond donors (Lipinski definition) is 1. The standard InChI is InChI=1S/C17H17F2NO/c18-15-7-4-13(5-8-15)10-11-20-17(21)9-6-14-2-1-3-16(19)12-14/h1-5,7-8,12H,6,9-11H2,(H,20,21). The lowest BCUT2D eigenvalue weighted by Crippen LogP contribution is -2.25. The number of benzene rings is 2. The van der Waals surface area contributed by atoms with Gasteiger partial charge >= 0.3 is 0 Å². The predicted molar refractivity (Wildman–Crippen MR) is 77.8 cm³/mol. The topological polar surface area (TPSA) is 29.1 Å². The van der Waals surface area contributed by atoms with E-state index in [2.05, 4.69) is 5.32 Å². The minimum Gasteiger partial charge on any atom is -0.356 e. The lowest BCUT2D eigenvalue weighted by molar-refractivity contribution is -0.121. The van der Waals surface area contributed by atoms with E-state index in [9.17, 15) is 13.6 Å². The Labute approximate surface area is 122 Å². The van der Waals surface area contributed by atoms with E-state index in [0.717, 1.165) is 11.1 Å². The number of nitrogens with one attached hydrogen (secondary N) is 1. The first-order valence-electron chi connectivity index (χ1n) is 6.89. The van der Waals surface area contributed by atoms with Gasteiger partial charge in [-0.3, -0.25) is 4.79 Å². The van der Waals surface area contributed by atoms with Gasteiger partial charge < -0.3 is 5.32 Å². The van der Waals surface area contributed by atoms with Crippen molar-refractivity contribution in [3.8, 4) is 0 Å². The molecule has 2 rings (SSSR count). The van der Waals surface area contributed by atoms with Crippen LogP contribution in [0, 0.1) is 11.6 Å². The van der Waals surface area contributed by atoms with E-state index >= 15 is 0 Å². The number of carbonyl (C=O) groups excluding carboxylic acids is 1. The first-order valence-corrected chi connectivity index (χ1v) is 6.89. The van der Waals surface area contributed by atoms with Crippen LogP contribution in [0.5, 0.6) is 0 Å². The van der Waals surface area contributed by atoms with Gasteiger partial charge in [0.25, 0.3) is 0 Å². The minimum absolute atomic E-state index is 0.0682. The smallest absolute Gasteiger partial charge is 0.220 e. The van der Waals surface area contributed by atoms with Crippen molar-refractivity contribution in [1.82, 2.24) is 5.32 Å². The molecular formula is C17H17F2NO. The van der Waals surface area contributed by atoms with E-state index in [1.54, 1.807) is 24.3 Å². The highest BCUT2D eigenvalue weighted by molar-refractivity contribution is 5.76. The summed E-state index contributed by atoms with van der Waals surface area (Å²) >= 11 is 0. The first-order chi connectivity index (χ1) is 10.1. The highest BCUT2D eigenvalue weighted by Crippen LogP contribution is 2.06. The lowest BCUT2D eigenvalue weighted by atomic mass is 10.1. The molecule has 0 aliphatic rings. The molecule has 0 saturated carbocycles. The fourth-order valence-electron chi connectivity index (χ4n) is 2.04. The van der Waals surface area contributed by atoms with Gasteiger partial charge in [-0.05, 0) is 48.2 Å². The third-order valence-corrected chi connectivity index (χ3v) is 3.18. The van der Waals surface area contributed by atoms with Crippen molar-refractivity contribution in [1.29, 1.82) is 0 Å². The molecule has 1 amide bonds. The summed E-state index contributed by atoms with van der Waals surface area (Å²) in [5, 5.41) is 2.80. The van der Waals surface area contributed by atoms with Crippen LogP contribution in [-0.2, 0) is 17.6 Å². The Kier molecular flexibility index (Phi) is 5.43. The number of hydrogen-bond acceptors (Lipinski definition) is 1. The maximum absolute atomic E-state index is 13.0. The molecular weight excluding hydrogens is 272 g/mol. The molecule has 0 heterocycles. The van der Waals surface area contributed by atoms with Gasteiger partial charge in [0.05, 0.1) is 0 Å². The SMILES string of the molecule is O=C(CCc1cccc(F)c1)NCCc1ccc(F)cc1. The molecule has 2 aromatic rings. The summed E-state index contributed by atoms with van der Waals surface area (Å²) in [4.78, 5) is 11.7. The summed E-state index contributed by atoms with van der Waals surface area (Å²) in [5.74, 6) is -0.622. The highest BCUT2D eigenvalue weighted by atomic mass is 19.1. The van der Waals surface area contributed by atoms with Crippen molar-refractivity contribution in [2.75, 3.05) is 6.54 Å². The molecule has 21 heavy (non-hydrogen) atoms. The average molecular weight is 289 g/mol. The third kappa shape index (κ3) is 5.34. The molecule has 110 valence electrons. The van der Waals surface area contributed by atoms with E-state index in [1.165, 1.54) is 24.3 Å². The summed E-state index contributed by atoms with van der Waals surface area (Å²) in [6.07, 6.45) is 1.50. The molecule has 0 unspecified atom stereocenters. The van der Waals surface area contributed by atoms with E-state index in [4.69, 9.17) is 0 Å². The largest absolute Gasteiger partial charge is 0.356 e. The third-order valence-electron chi connectivity index (χ3n) is 3.18. The van der Waals surface area contributed by atoms with E-state index in [-0.39, 0.29) is 17.5 Å². The van der Waals surface area contributed by atoms with Gasteiger partial charge in [0.2, 0.25) is 5.91 Å². The maximum Gasteiger partial charge on any atom is 0.220 e. The van der Waals surface area contributed by atoms with Crippen LogP contribution in [0.25, 0.3) is 0 Å². The Morgan fingerprint density at radius 1 is 0.905 bits per heavy atom. The zero-order valence-electron chi connectivity index (χ0n) is 11.6. The molecule has 0 fully saturated rings. The van der Waals surface area contributed by atoms with Crippen LogP contribution in [0.1, 0.15) is 17.5 Å². The summed E-state index contributed by atoms with van der Waals surface area (Å²) in [5.41, 5.74) is 1.78. The Bertz CT molecular complexity index is 596. The molecule has 0 bridgehead atoms. The Morgan fingerprint density at radius 3 is 2.38 bits per heavy atom. The van der Waals surface area contributed by atoms with Crippen LogP contribution in [0.3, 0.4) is 0 Å². The van der Waals surface area contributed by atoms with Gasteiger partial charge in [-0.15, -0.1) is 0 Å². The summed E-state index contributed by atoms with van der Waals surface area (Å²) in [7, 11) is 0. The van der Waals surface area contributed by atoms with Crippen molar-refractivity contribution >= 4 is 5.91 Å². The van der Waals surface area contributed by atoms with Gasteiger partial charge in [-0.1, -0.05) is 24.3 Å². The number of rotatable bonds is 6. The van der Waals surface area contributed by atoms with Crippen LogP contribution in [0.15, 0.2) is 48.5 Å². The molecule has 2 aromatic carbocycles. The second kappa shape index (κ2) is 7.53. The molecule has 0 aliphatic heterocycles. The zero-order valence-corrected chi connectivity index (χ0v) is 11.6. The van der Waals surface area contributed by atoms with Crippen molar-refractivity contribution in [2.45, 2.75) is 19.3 Å². The Balaban J connectivity index is 1.69. The van der Waals surface area contributed by atoms with Crippen molar-refractivity contribution in [3.05, 3.63) is 71.3 Å². The van der Waals surface area contributed by atoms with Gasteiger partial charge in [0.15, 0.2) is 0 Å². The van der Waals surface area contributed by atoms with Crippen LogP contribution in [0.4, 0.5) is 8.78 Å². The second-order valence-electron chi connectivity index (χ2n) is 4.86. The Hall–Kier alpha value is -2.23. The van der Waals surface area contributed by atoms with E-state index in [1.807, 2.05) is 0 Å². The predicted octanol–water partition coefficient (Wildman–Crippen LogP) is 3.26. The van der Waals surface area contributed by atoms with Crippen LogP contribution >= 0.6 is 0 Å². The Morgan fingerprint density at radius 2 is 1.67 bits per heavy atom. The van der Waals surface area contributed by atoms with E-state index in [0.29, 0.717) is 25.8 Å². The molecule has 0 atom stereocenters. The number of aryl methyl sites for hydroxylation is 1. The van der Waals surface area contributed by atoms with Crippen molar-refractivity contribution in [2.24, 2.45) is 0 Å². The zero-order chi connectivity index (χ0) is 15.1. The molecule has 0 saturated heterocycles. The fraction of sp³-hybridized carbons (Fsp3) is 0.235. The minimum atomic E-state index is -0.288. The number of amides is 1. The van der Waals surface area contributed by atoms with Crippen LogP contribution < -0.4 is 5.32 Å². The lowest BCUT2D eigenvalue weighted by Gasteiger charge is -2.06. The summed E-state index contributed by atoms with van der Waals surface area (Å²) < 4.78 is 25.7. The number of halogens is 2. The van der Waals surface area contributed by atoms with Crippen molar-refractivity contribution < 1.29 is 13.6 Å². The van der Waals surface area contributed by atoms with E-state index < -0.39 is 0 Å². The normalized spacial score (nSPS) is 10.4. The quantitative estimate of drug-likeness (QED) is 0.869. The molecule has 4 heteroatoms. The summed E-state index contributed by atoms with van der Waals surface area (Å²) in [6.45, 7) is 0.508. The molecule has 0 spiro atoms. The fourth-order valence-corrected chi connectivity index (χ4v) is 2.04. The van der Waals surface area contributed by atoms with Crippen LogP contribution in [-0.4, -0.2) is 12.5 Å². The monoisotopic (exact) mass is 289 g/mol.